The Morgan fingerprint density at radius 1 is 0.612 bits per heavy atom. The van der Waals surface area contributed by atoms with Crippen molar-refractivity contribution < 1.29 is 45.0 Å². The summed E-state index contributed by atoms with van der Waals surface area (Å²) in [6, 6.07) is 26.2. The average Bonchev–Trinajstić information content (AvgIpc) is 3.88. The Labute approximate surface area is 380 Å². The molecular weight excluding hydrogens is 915 g/mol. The third-order valence-electron chi connectivity index (χ3n) is 10.7. The predicted octanol–water partition coefficient (Wildman–Crippen LogP) is 3.89. The number of nitrogens with zero attached hydrogens (tertiary/aromatic N) is 6. The van der Waals surface area contributed by atoms with Gasteiger partial charge in [-0.15, -0.1) is 0 Å². The number of halogens is 2. The van der Waals surface area contributed by atoms with Crippen LogP contribution in [0.5, 0.6) is 11.5 Å². The van der Waals surface area contributed by atoms with Crippen LogP contribution < -0.4 is 35.1 Å². The maximum atomic E-state index is 13.5. The van der Waals surface area contributed by atoms with Gasteiger partial charge in [-0.1, -0.05) is 54.6 Å². The molecule has 2 aliphatic heterocycles. The number of amides is 2. The summed E-state index contributed by atoms with van der Waals surface area (Å²) in [4.78, 5) is 60.0. The molecule has 22 heteroatoms. The molecule has 3 aromatic carbocycles. The van der Waals surface area contributed by atoms with Crippen LogP contribution >= 0.6 is 0 Å². The zero-order chi connectivity index (χ0) is 47.5. The summed E-state index contributed by atoms with van der Waals surface area (Å²) >= 11 is 0. The molecule has 6 heterocycles. The highest BCUT2D eigenvalue weighted by atomic mass is 32.2. The van der Waals surface area contributed by atoms with Gasteiger partial charge in [-0.25, -0.2) is 35.6 Å². The van der Waals surface area contributed by atoms with Crippen molar-refractivity contribution in [1.29, 1.82) is 0 Å². The number of ether oxygens (including phenoxy) is 1. The Hall–Kier alpha value is -7.72. The number of hydrogen-bond donors (Lipinski definition) is 3. The number of fused-ring (bicyclic) bond motifs is 2. The quantitative estimate of drug-likeness (QED) is 0.168. The van der Waals surface area contributed by atoms with Crippen molar-refractivity contribution in [2.75, 3.05) is 33.2 Å². The summed E-state index contributed by atoms with van der Waals surface area (Å²) in [7, 11) is -6.90. The van der Waals surface area contributed by atoms with Crippen molar-refractivity contribution in [2.24, 2.45) is 0 Å². The molecule has 2 fully saturated rings. The van der Waals surface area contributed by atoms with E-state index in [4.69, 9.17) is 4.74 Å². The van der Waals surface area contributed by atoms with Gasteiger partial charge in [-0.2, -0.15) is 0 Å². The van der Waals surface area contributed by atoms with Crippen molar-refractivity contribution in [3.05, 3.63) is 176 Å². The SMILES string of the molecule is O=C(NCc1ccc(F)cc1)c1nc2ccc(N3CCCS3(=O)=O)cn2c(=O)c1O.O=C(NCc1ccc(F)cc1)c1nc2ccc(N3CCCS3(=O)=O)cn2c(=O)c1OCc1ccccc1. The molecule has 2 aliphatic rings. The number of benzene rings is 3. The zero-order valence-electron chi connectivity index (χ0n) is 35.2. The molecule has 18 nitrogen and oxygen atoms in total. The molecule has 0 bridgehead atoms. The minimum Gasteiger partial charge on any atom is -0.501 e. The molecule has 346 valence electrons. The topological polar surface area (TPSA) is 231 Å². The van der Waals surface area contributed by atoms with Crippen molar-refractivity contribution >= 4 is 54.5 Å². The number of carbonyl (C=O) groups is 2. The van der Waals surface area contributed by atoms with E-state index in [1.807, 2.05) is 30.3 Å². The van der Waals surface area contributed by atoms with Gasteiger partial charge in [0.1, 0.15) is 29.5 Å². The fourth-order valence-electron chi connectivity index (χ4n) is 7.29. The molecule has 0 saturated carbocycles. The normalized spacial score (nSPS) is 15.0. The van der Waals surface area contributed by atoms with Crippen LogP contribution in [-0.4, -0.2) is 77.1 Å². The summed E-state index contributed by atoms with van der Waals surface area (Å²) in [5.74, 6) is -3.27. The van der Waals surface area contributed by atoms with Gasteiger partial charge in [0.2, 0.25) is 31.5 Å². The fourth-order valence-corrected chi connectivity index (χ4v) is 10.4. The molecule has 0 spiro atoms. The first kappa shape index (κ1) is 45.8. The van der Waals surface area contributed by atoms with Crippen LogP contribution in [0.3, 0.4) is 0 Å². The summed E-state index contributed by atoms with van der Waals surface area (Å²) in [5, 5.41) is 15.4. The van der Waals surface area contributed by atoms with Crippen molar-refractivity contribution in [3.63, 3.8) is 0 Å². The fraction of sp³-hybridized carbons (Fsp3) is 0.200. The first-order chi connectivity index (χ1) is 32.1. The van der Waals surface area contributed by atoms with Crippen LogP contribution in [-0.2, 0) is 39.7 Å². The number of sulfonamides is 2. The summed E-state index contributed by atoms with van der Waals surface area (Å²) in [6.45, 7) is 0.765. The lowest BCUT2D eigenvalue weighted by molar-refractivity contribution is 0.0933. The number of pyridine rings is 2. The van der Waals surface area contributed by atoms with Crippen LogP contribution in [0.2, 0.25) is 0 Å². The minimum absolute atomic E-state index is 0.0161. The molecule has 0 unspecified atom stereocenters. The Balaban J connectivity index is 0.000000186. The van der Waals surface area contributed by atoms with E-state index < -0.39 is 66.1 Å². The lowest BCUT2D eigenvalue weighted by Gasteiger charge is -2.18. The molecule has 7 aromatic rings. The van der Waals surface area contributed by atoms with E-state index in [9.17, 15) is 49.9 Å². The average molecular weight is 955 g/mol. The van der Waals surface area contributed by atoms with E-state index in [0.29, 0.717) is 42.7 Å². The number of aromatic hydroxyl groups is 1. The molecule has 3 N–H and O–H groups in total. The van der Waals surface area contributed by atoms with Gasteiger partial charge >= 0.3 is 11.1 Å². The maximum Gasteiger partial charge on any atom is 0.301 e. The van der Waals surface area contributed by atoms with Crippen LogP contribution in [0.4, 0.5) is 20.2 Å². The Bertz CT molecular complexity index is 3380. The third kappa shape index (κ3) is 10.1. The predicted molar refractivity (Wildman–Crippen MR) is 242 cm³/mol. The first-order valence-corrected chi connectivity index (χ1v) is 23.8. The Morgan fingerprint density at radius 2 is 1.07 bits per heavy atom. The van der Waals surface area contributed by atoms with E-state index in [2.05, 4.69) is 20.6 Å². The first-order valence-electron chi connectivity index (χ1n) is 20.6. The van der Waals surface area contributed by atoms with Gasteiger partial charge < -0.3 is 20.5 Å². The largest absolute Gasteiger partial charge is 0.501 e. The number of anilines is 2. The molecule has 9 rings (SSSR count). The smallest absolute Gasteiger partial charge is 0.301 e. The van der Waals surface area contributed by atoms with E-state index >= 15 is 0 Å². The highest BCUT2D eigenvalue weighted by Crippen LogP contribution is 2.26. The highest BCUT2D eigenvalue weighted by Gasteiger charge is 2.31. The molecule has 67 heavy (non-hydrogen) atoms. The second kappa shape index (κ2) is 19.0. The van der Waals surface area contributed by atoms with Gasteiger partial charge in [0.15, 0.2) is 11.4 Å². The molecular formula is C45H40F2N8O10S2. The van der Waals surface area contributed by atoms with Gasteiger partial charge in [-0.05, 0) is 78.1 Å². The Morgan fingerprint density at radius 3 is 1.55 bits per heavy atom. The Kier molecular flexibility index (Phi) is 13.0. The molecule has 0 atom stereocenters. The highest BCUT2D eigenvalue weighted by molar-refractivity contribution is 7.93. The van der Waals surface area contributed by atoms with Crippen molar-refractivity contribution in [2.45, 2.75) is 32.5 Å². The van der Waals surface area contributed by atoms with E-state index in [0.717, 1.165) is 9.96 Å². The zero-order valence-corrected chi connectivity index (χ0v) is 36.8. The van der Waals surface area contributed by atoms with Crippen LogP contribution in [0.15, 0.2) is 125 Å². The number of rotatable bonds is 11. The van der Waals surface area contributed by atoms with Crippen LogP contribution in [0.1, 0.15) is 50.5 Å². The maximum absolute atomic E-state index is 13.5. The van der Waals surface area contributed by atoms with E-state index in [1.54, 1.807) is 18.2 Å². The van der Waals surface area contributed by atoms with Gasteiger partial charge in [0.25, 0.3) is 11.8 Å². The lowest BCUT2D eigenvalue weighted by Crippen LogP contribution is -2.30. The van der Waals surface area contributed by atoms with E-state index in [-0.39, 0.29) is 59.6 Å². The second-order valence-electron chi connectivity index (χ2n) is 15.3. The monoisotopic (exact) mass is 954 g/mol. The number of hydrogen-bond acceptors (Lipinski definition) is 12. The number of carbonyl (C=O) groups excluding carboxylic acids is 2. The van der Waals surface area contributed by atoms with Gasteiger partial charge in [0.05, 0.1) is 22.9 Å². The number of nitrogens with one attached hydrogen (secondary N) is 2. The second-order valence-corrected chi connectivity index (χ2v) is 19.3. The van der Waals surface area contributed by atoms with Crippen LogP contribution in [0.25, 0.3) is 11.3 Å². The van der Waals surface area contributed by atoms with Gasteiger partial charge in [-0.3, -0.25) is 36.6 Å². The third-order valence-corrected chi connectivity index (χ3v) is 14.5. The molecule has 2 amide bonds. The molecule has 4 aromatic heterocycles. The lowest BCUT2D eigenvalue weighted by atomic mass is 10.2. The molecule has 0 radical (unpaired) electrons. The van der Waals surface area contributed by atoms with Crippen LogP contribution in [0, 0.1) is 11.6 Å². The number of aromatic nitrogens is 4. The van der Waals surface area contributed by atoms with Gasteiger partial charge in [0, 0.05) is 38.6 Å². The van der Waals surface area contributed by atoms with Crippen molar-refractivity contribution in [3.8, 4) is 11.5 Å². The van der Waals surface area contributed by atoms with Crippen molar-refractivity contribution in [1.82, 2.24) is 29.4 Å². The summed E-state index contributed by atoms with van der Waals surface area (Å²) in [5.41, 5.74) is 0.697. The molecule has 2 saturated heterocycles. The minimum atomic E-state index is -3.46. The standard InChI is InChI=1S/C26H23FN4O5S.C19H17FN4O5S/c27-20-9-7-18(8-10-20)15-28-25(32)23-24(36-17-19-5-2-1-3-6-19)26(33)30-16-21(11-12-22(30)29-23)31-13-4-14-37(31,34)35;20-13-4-2-12(3-5-13)10-21-18(26)16-17(25)19(27)23-11-14(6-7-15(23)22-16)24-8-1-9-30(24,28)29/h1-3,5-12,16H,4,13-15,17H2,(H,28,32);2-7,11,25H,1,8-10H2,(H,21,26). The summed E-state index contributed by atoms with van der Waals surface area (Å²) in [6.07, 6.45) is 3.63. The molecule has 0 aliphatic carbocycles. The van der Waals surface area contributed by atoms with E-state index in [1.165, 1.54) is 80.0 Å². The summed E-state index contributed by atoms with van der Waals surface area (Å²) < 4.78 is 85.6.